The first-order valence-electron chi connectivity index (χ1n) is 9.09. The normalized spacial score (nSPS) is 17.2. The van der Waals surface area contributed by atoms with Gasteiger partial charge >= 0.3 is 0 Å². The molecule has 1 fully saturated rings. The minimum Gasteiger partial charge on any atom is -0.508 e. The van der Waals surface area contributed by atoms with Crippen LogP contribution in [0.2, 0.25) is 0 Å². The molecule has 1 aliphatic carbocycles. The Kier molecular flexibility index (Phi) is 5.12. The van der Waals surface area contributed by atoms with Crippen molar-refractivity contribution in [2.45, 2.75) is 46.0 Å². The topological polar surface area (TPSA) is 49.3 Å². The predicted molar refractivity (Wildman–Crippen MR) is 102 cm³/mol. The molecule has 3 nitrogen and oxygen atoms in total. The van der Waals surface area contributed by atoms with Gasteiger partial charge in [-0.2, -0.15) is 0 Å². The molecule has 1 amide bonds. The zero-order valence-electron chi connectivity index (χ0n) is 15.1. The van der Waals surface area contributed by atoms with Gasteiger partial charge in [0.1, 0.15) is 5.75 Å². The van der Waals surface area contributed by atoms with Gasteiger partial charge in [-0.05, 0) is 60.8 Å². The van der Waals surface area contributed by atoms with Gasteiger partial charge in [0.25, 0.3) is 0 Å². The molecular weight excluding hydrogens is 310 g/mol. The number of phenols is 1. The number of carbonyl (C=O) groups excluding carboxylic acids is 1. The summed E-state index contributed by atoms with van der Waals surface area (Å²) in [4.78, 5) is 12.6. The Morgan fingerprint density at radius 3 is 2.44 bits per heavy atom. The Bertz CT molecular complexity index is 727. The van der Waals surface area contributed by atoms with E-state index in [1.165, 1.54) is 5.56 Å². The lowest BCUT2D eigenvalue weighted by atomic mass is 9.73. The maximum absolute atomic E-state index is 12.6. The Morgan fingerprint density at radius 2 is 1.76 bits per heavy atom. The first-order chi connectivity index (χ1) is 11.9. The van der Waals surface area contributed by atoms with Crippen molar-refractivity contribution in [2.24, 2.45) is 11.3 Å². The number of hydrogen-bond acceptors (Lipinski definition) is 2. The number of nitrogens with one attached hydrogen (secondary N) is 1. The first kappa shape index (κ1) is 17.5. The van der Waals surface area contributed by atoms with Crippen molar-refractivity contribution in [1.82, 2.24) is 0 Å². The highest BCUT2D eigenvalue weighted by Gasteiger charge is 2.30. The lowest BCUT2D eigenvalue weighted by Crippen LogP contribution is -2.30. The Balaban J connectivity index is 1.67. The third-order valence-corrected chi connectivity index (χ3v) is 5.21. The highest BCUT2D eigenvalue weighted by molar-refractivity contribution is 5.92. The number of benzene rings is 2. The van der Waals surface area contributed by atoms with Gasteiger partial charge < -0.3 is 10.4 Å². The van der Waals surface area contributed by atoms with Crippen molar-refractivity contribution in [3.8, 4) is 5.75 Å². The SMILES string of the molecule is CC1(C)CCC(C(=O)Nc2cc(O)cc(Cc3ccccc3)c2)CC1. The quantitative estimate of drug-likeness (QED) is 0.812. The first-order valence-corrected chi connectivity index (χ1v) is 9.09. The van der Waals surface area contributed by atoms with Crippen LogP contribution in [0.4, 0.5) is 5.69 Å². The van der Waals surface area contributed by atoms with E-state index in [0.29, 0.717) is 11.1 Å². The second-order valence-electron chi connectivity index (χ2n) is 7.98. The summed E-state index contributed by atoms with van der Waals surface area (Å²) < 4.78 is 0. The second kappa shape index (κ2) is 7.30. The van der Waals surface area contributed by atoms with E-state index < -0.39 is 0 Å². The lowest BCUT2D eigenvalue weighted by Gasteiger charge is -2.33. The molecule has 1 aliphatic rings. The van der Waals surface area contributed by atoms with Crippen LogP contribution >= 0.6 is 0 Å². The highest BCUT2D eigenvalue weighted by atomic mass is 16.3. The summed E-state index contributed by atoms with van der Waals surface area (Å²) in [5, 5.41) is 13.0. The molecule has 2 N–H and O–H groups in total. The Labute approximate surface area is 150 Å². The van der Waals surface area contributed by atoms with Gasteiger partial charge in [-0.3, -0.25) is 4.79 Å². The van der Waals surface area contributed by atoms with Gasteiger partial charge in [0.15, 0.2) is 0 Å². The van der Waals surface area contributed by atoms with Crippen molar-refractivity contribution in [2.75, 3.05) is 5.32 Å². The van der Waals surface area contributed by atoms with Crippen LogP contribution < -0.4 is 5.32 Å². The minimum absolute atomic E-state index is 0.0757. The van der Waals surface area contributed by atoms with Crippen molar-refractivity contribution >= 4 is 11.6 Å². The third-order valence-electron chi connectivity index (χ3n) is 5.21. The van der Waals surface area contributed by atoms with E-state index in [1.54, 1.807) is 12.1 Å². The zero-order valence-corrected chi connectivity index (χ0v) is 15.1. The summed E-state index contributed by atoms with van der Waals surface area (Å²) in [6.45, 7) is 4.54. The molecule has 1 saturated carbocycles. The largest absolute Gasteiger partial charge is 0.508 e. The molecule has 2 aromatic carbocycles. The fourth-order valence-corrected chi connectivity index (χ4v) is 3.59. The molecule has 0 aliphatic heterocycles. The van der Waals surface area contributed by atoms with Crippen LogP contribution in [0.25, 0.3) is 0 Å². The molecule has 0 aromatic heterocycles. The molecule has 0 atom stereocenters. The van der Waals surface area contributed by atoms with E-state index in [1.807, 2.05) is 24.3 Å². The molecule has 3 heteroatoms. The van der Waals surface area contributed by atoms with Crippen LogP contribution in [0.3, 0.4) is 0 Å². The summed E-state index contributed by atoms with van der Waals surface area (Å²) in [7, 11) is 0. The van der Waals surface area contributed by atoms with Gasteiger partial charge in [0, 0.05) is 17.7 Å². The van der Waals surface area contributed by atoms with Crippen LogP contribution in [-0.2, 0) is 11.2 Å². The number of carbonyl (C=O) groups is 1. The standard InChI is InChI=1S/C22H27NO2/c1-22(2)10-8-18(9-11-22)21(25)23-19-13-17(14-20(24)15-19)12-16-6-4-3-5-7-16/h3-7,13-15,18,24H,8-12H2,1-2H3,(H,23,25). The smallest absolute Gasteiger partial charge is 0.227 e. The predicted octanol–water partition coefficient (Wildman–Crippen LogP) is 5.14. The molecule has 2 aromatic rings. The highest BCUT2D eigenvalue weighted by Crippen LogP contribution is 2.38. The van der Waals surface area contributed by atoms with Gasteiger partial charge in [-0.1, -0.05) is 44.2 Å². The van der Waals surface area contributed by atoms with Gasteiger partial charge in [-0.25, -0.2) is 0 Å². The van der Waals surface area contributed by atoms with Crippen LogP contribution in [-0.4, -0.2) is 11.0 Å². The van der Waals surface area contributed by atoms with E-state index >= 15 is 0 Å². The van der Waals surface area contributed by atoms with Crippen molar-refractivity contribution in [3.05, 3.63) is 59.7 Å². The third kappa shape index (κ3) is 4.85. The van der Waals surface area contributed by atoms with Crippen LogP contribution in [0.1, 0.15) is 50.7 Å². The Hall–Kier alpha value is -2.29. The number of rotatable bonds is 4. The second-order valence-corrected chi connectivity index (χ2v) is 7.98. The van der Waals surface area contributed by atoms with Crippen molar-refractivity contribution in [1.29, 1.82) is 0 Å². The number of amides is 1. The maximum atomic E-state index is 12.6. The Morgan fingerprint density at radius 1 is 1.08 bits per heavy atom. The van der Waals surface area contributed by atoms with E-state index in [9.17, 15) is 9.90 Å². The van der Waals surface area contributed by atoms with Crippen LogP contribution in [0.15, 0.2) is 48.5 Å². The van der Waals surface area contributed by atoms with E-state index in [0.717, 1.165) is 37.7 Å². The number of anilines is 1. The van der Waals surface area contributed by atoms with Crippen LogP contribution in [0.5, 0.6) is 5.75 Å². The number of aromatic hydroxyl groups is 1. The summed E-state index contributed by atoms with van der Waals surface area (Å²) >= 11 is 0. The summed E-state index contributed by atoms with van der Waals surface area (Å²) in [5.41, 5.74) is 3.21. The zero-order chi connectivity index (χ0) is 17.9. The fourth-order valence-electron chi connectivity index (χ4n) is 3.59. The average Bonchev–Trinajstić information content (AvgIpc) is 2.55. The number of hydrogen-bond donors (Lipinski definition) is 2. The molecular formula is C22H27NO2. The van der Waals surface area contributed by atoms with Crippen LogP contribution in [0, 0.1) is 11.3 Å². The van der Waals surface area contributed by atoms with Gasteiger partial charge in [-0.15, -0.1) is 0 Å². The number of phenolic OH excluding ortho intramolecular Hbond substituents is 1. The summed E-state index contributed by atoms with van der Waals surface area (Å²) in [6.07, 6.45) is 4.79. The molecule has 25 heavy (non-hydrogen) atoms. The summed E-state index contributed by atoms with van der Waals surface area (Å²) in [6, 6.07) is 15.5. The molecule has 0 unspecified atom stereocenters. The molecule has 0 radical (unpaired) electrons. The van der Waals surface area contributed by atoms with E-state index in [4.69, 9.17) is 0 Å². The van der Waals surface area contributed by atoms with E-state index in [-0.39, 0.29) is 17.6 Å². The van der Waals surface area contributed by atoms with E-state index in [2.05, 4.69) is 31.3 Å². The molecule has 132 valence electrons. The van der Waals surface area contributed by atoms with Crippen molar-refractivity contribution < 1.29 is 9.90 Å². The molecule has 0 saturated heterocycles. The molecule has 0 bridgehead atoms. The van der Waals surface area contributed by atoms with Crippen molar-refractivity contribution in [3.63, 3.8) is 0 Å². The maximum Gasteiger partial charge on any atom is 0.227 e. The van der Waals surface area contributed by atoms with Gasteiger partial charge in [0.2, 0.25) is 5.91 Å². The average molecular weight is 337 g/mol. The van der Waals surface area contributed by atoms with Gasteiger partial charge in [0.05, 0.1) is 0 Å². The molecule has 0 heterocycles. The lowest BCUT2D eigenvalue weighted by molar-refractivity contribution is -0.121. The minimum atomic E-state index is 0.0757. The monoisotopic (exact) mass is 337 g/mol. The summed E-state index contributed by atoms with van der Waals surface area (Å²) in [5.74, 6) is 0.341. The molecule has 3 rings (SSSR count). The molecule has 0 spiro atoms. The fraction of sp³-hybridized carbons (Fsp3) is 0.409.